The topological polar surface area (TPSA) is 55.4 Å². The normalized spacial score (nSPS) is 22.1. The highest BCUT2D eigenvalue weighted by Gasteiger charge is 2.28. The molecule has 0 aromatic heterocycles. The second-order valence-corrected chi connectivity index (χ2v) is 6.53. The van der Waals surface area contributed by atoms with Gasteiger partial charge < -0.3 is 4.74 Å². The molecule has 4 nitrogen and oxygen atoms in total. The van der Waals surface area contributed by atoms with E-state index in [1.807, 2.05) is 13.8 Å². The maximum absolute atomic E-state index is 13.1. The van der Waals surface area contributed by atoms with Gasteiger partial charge in [-0.15, -0.1) is 0 Å². The quantitative estimate of drug-likeness (QED) is 0.895. The van der Waals surface area contributed by atoms with Crippen LogP contribution in [0.15, 0.2) is 23.1 Å². The molecule has 0 amide bonds. The third-order valence-electron chi connectivity index (χ3n) is 2.71. The van der Waals surface area contributed by atoms with Gasteiger partial charge in [-0.3, -0.25) is 0 Å². The number of ether oxygens (including phenoxy) is 1. The molecular formula is C12H16FNO3S. The van der Waals surface area contributed by atoms with Crippen molar-refractivity contribution in [2.75, 3.05) is 6.61 Å². The van der Waals surface area contributed by atoms with Gasteiger partial charge in [-0.2, -0.15) is 0 Å². The Morgan fingerprint density at radius 1 is 1.50 bits per heavy atom. The zero-order valence-corrected chi connectivity index (χ0v) is 11.1. The van der Waals surface area contributed by atoms with Crippen LogP contribution in [0.1, 0.15) is 20.3 Å². The van der Waals surface area contributed by atoms with Crippen LogP contribution in [0.2, 0.25) is 0 Å². The Labute approximate surface area is 106 Å². The molecule has 0 unspecified atom stereocenters. The van der Waals surface area contributed by atoms with Gasteiger partial charge in [0.05, 0.1) is 6.04 Å². The summed E-state index contributed by atoms with van der Waals surface area (Å²) in [5.41, 5.74) is 0. The molecule has 1 aliphatic rings. The molecule has 0 radical (unpaired) electrons. The molecular weight excluding hydrogens is 257 g/mol. The molecule has 1 heterocycles. The summed E-state index contributed by atoms with van der Waals surface area (Å²) in [7, 11) is -3.63. The summed E-state index contributed by atoms with van der Waals surface area (Å²) in [5.74, 6) is -0.0840. The van der Waals surface area contributed by atoms with Crippen molar-refractivity contribution in [1.82, 2.24) is 4.72 Å². The van der Waals surface area contributed by atoms with E-state index >= 15 is 0 Å². The Balaban J connectivity index is 2.35. The van der Waals surface area contributed by atoms with Crippen LogP contribution in [0.25, 0.3) is 0 Å². The number of halogens is 1. The lowest BCUT2D eigenvalue weighted by Gasteiger charge is -2.16. The Morgan fingerprint density at radius 3 is 2.89 bits per heavy atom. The van der Waals surface area contributed by atoms with E-state index in [9.17, 15) is 12.8 Å². The van der Waals surface area contributed by atoms with Gasteiger partial charge in [0, 0.05) is 6.07 Å². The van der Waals surface area contributed by atoms with Crippen LogP contribution in [0.3, 0.4) is 0 Å². The van der Waals surface area contributed by atoms with Crippen molar-refractivity contribution in [2.24, 2.45) is 5.92 Å². The first-order valence-electron chi connectivity index (χ1n) is 5.83. The Bertz CT molecular complexity index is 542. The van der Waals surface area contributed by atoms with Gasteiger partial charge in [0.15, 0.2) is 0 Å². The fourth-order valence-electron chi connectivity index (χ4n) is 2.01. The third-order valence-corrected chi connectivity index (χ3v) is 4.27. The highest BCUT2D eigenvalue weighted by Crippen LogP contribution is 2.28. The second-order valence-electron chi connectivity index (χ2n) is 4.85. The SMILES string of the molecule is CC(C)C[C@@H]1COc2cc(F)ccc2S(=O)(=O)N1. The summed E-state index contributed by atoms with van der Waals surface area (Å²) in [4.78, 5) is -0.00449. The lowest BCUT2D eigenvalue weighted by atomic mass is 10.1. The zero-order valence-electron chi connectivity index (χ0n) is 10.3. The van der Waals surface area contributed by atoms with E-state index in [1.54, 1.807) is 0 Å². The summed E-state index contributed by atoms with van der Waals surface area (Å²) in [5, 5.41) is 0. The molecule has 0 aliphatic carbocycles. The van der Waals surface area contributed by atoms with Gasteiger partial charge >= 0.3 is 0 Å². The van der Waals surface area contributed by atoms with Gasteiger partial charge in [-0.25, -0.2) is 17.5 Å². The molecule has 0 fully saturated rings. The molecule has 100 valence electrons. The van der Waals surface area contributed by atoms with Crippen molar-refractivity contribution in [1.29, 1.82) is 0 Å². The van der Waals surface area contributed by atoms with E-state index in [0.29, 0.717) is 12.3 Å². The van der Waals surface area contributed by atoms with Crippen molar-refractivity contribution in [3.8, 4) is 5.75 Å². The molecule has 1 atom stereocenters. The maximum atomic E-state index is 13.1. The number of rotatable bonds is 2. The van der Waals surface area contributed by atoms with Crippen LogP contribution in [0.4, 0.5) is 4.39 Å². The van der Waals surface area contributed by atoms with Gasteiger partial charge in [0.2, 0.25) is 10.0 Å². The van der Waals surface area contributed by atoms with Gasteiger partial charge in [-0.1, -0.05) is 13.8 Å². The predicted molar refractivity (Wildman–Crippen MR) is 65.5 cm³/mol. The fourth-order valence-corrected chi connectivity index (χ4v) is 3.37. The summed E-state index contributed by atoms with van der Waals surface area (Å²) in [6, 6.07) is 3.16. The van der Waals surface area contributed by atoms with Crippen molar-refractivity contribution in [3.63, 3.8) is 0 Å². The third kappa shape index (κ3) is 2.81. The van der Waals surface area contributed by atoms with E-state index in [2.05, 4.69) is 4.72 Å². The standard InChI is InChI=1S/C12H16FNO3S/c1-8(2)5-10-7-17-11-6-9(13)3-4-12(11)18(15,16)14-10/h3-4,6,8,10,14H,5,7H2,1-2H3/t10-/m1/s1. The summed E-state index contributed by atoms with van der Waals surface area (Å²) in [6.45, 7) is 4.23. The lowest BCUT2D eigenvalue weighted by Crippen LogP contribution is -2.37. The van der Waals surface area contributed by atoms with Crippen LogP contribution >= 0.6 is 0 Å². The Hall–Kier alpha value is -1.14. The molecule has 18 heavy (non-hydrogen) atoms. The van der Waals surface area contributed by atoms with Crippen molar-refractivity contribution in [3.05, 3.63) is 24.0 Å². The number of fused-ring (bicyclic) bond motifs is 1. The van der Waals surface area contributed by atoms with Crippen molar-refractivity contribution in [2.45, 2.75) is 31.2 Å². The van der Waals surface area contributed by atoms with Crippen LogP contribution in [-0.2, 0) is 10.0 Å². The molecule has 1 aromatic carbocycles. The average molecular weight is 273 g/mol. The van der Waals surface area contributed by atoms with Crippen LogP contribution in [0, 0.1) is 11.7 Å². The minimum Gasteiger partial charge on any atom is -0.490 e. The van der Waals surface area contributed by atoms with Crippen molar-refractivity contribution >= 4 is 10.0 Å². The van der Waals surface area contributed by atoms with Gasteiger partial charge in [0.25, 0.3) is 0 Å². The molecule has 1 aromatic rings. The number of sulfonamides is 1. The monoisotopic (exact) mass is 273 g/mol. The molecule has 1 N–H and O–H groups in total. The maximum Gasteiger partial charge on any atom is 0.244 e. The minimum atomic E-state index is -3.63. The van der Waals surface area contributed by atoms with E-state index in [4.69, 9.17) is 4.74 Å². The average Bonchev–Trinajstić information content (AvgIpc) is 2.34. The first kappa shape index (κ1) is 13.3. The molecule has 0 bridgehead atoms. The van der Waals surface area contributed by atoms with E-state index < -0.39 is 15.8 Å². The number of benzene rings is 1. The number of hydrogen-bond acceptors (Lipinski definition) is 3. The summed E-state index contributed by atoms with van der Waals surface area (Å²) in [6.07, 6.45) is 0.676. The number of hydrogen-bond donors (Lipinski definition) is 1. The summed E-state index contributed by atoms with van der Waals surface area (Å²) < 4.78 is 45.2. The van der Waals surface area contributed by atoms with Gasteiger partial charge in [-0.05, 0) is 24.5 Å². The van der Waals surface area contributed by atoms with Crippen LogP contribution < -0.4 is 9.46 Å². The Kier molecular flexibility index (Phi) is 3.59. The van der Waals surface area contributed by atoms with Crippen LogP contribution in [-0.4, -0.2) is 21.1 Å². The molecule has 6 heteroatoms. The highest BCUT2D eigenvalue weighted by molar-refractivity contribution is 7.89. The fraction of sp³-hybridized carbons (Fsp3) is 0.500. The lowest BCUT2D eigenvalue weighted by molar-refractivity contribution is 0.261. The number of nitrogens with one attached hydrogen (secondary N) is 1. The molecule has 2 rings (SSSR count). The van der Waals surface area contributed by atoms with Gasteiger partial charge in [0.1, 0.15) is 23.1 Å². The highest BCUT2D eigenvalue weighted by atomic mass is 32.2. The van der Waals surface area contributed by atoms with Crippen molar-refractivity contribution < 1.29 is 17.5 Å². The molecule has 0 spiro atoms. The van der Waals surface area contributed by atoms with E-state index in [1.165, 1.54) is 6.07 Å². The predicted octanol–water partition coefficient (Wildman–Crippen LogP) is 1.91. The smallest absolute Gasteiger partial charge is 0.244 e. The van der Waals surface area contributed by atoms with E-state index in [-0.39, 0.29) is 23.3 Å². The summed E-state index contributed by atoms with van der Waals surface area (Å²) >= 11 is 0. The second kappa shape index (κ2) is 4.85. The largest absolute Gasteiger partial charge is 0.490 e. The first-order valence-corrected chi connectivity index (χ1v) is 7.31. The Morgan fingerprint density at radius 2 is 2.22 bits per heavy atom. The van der Waals surface area contributed by atoms with Crippen LogP contribution in [0.5, 0.6) is 5.75 Å². The zero-order chi connectivity index (χ0) is 13.3. The molecule has 0 saturated heterocycles. The molecule has 0 saturated carbocycles. The van der Waals surface area contributed by atoms with E-state index in [0.717, 1.165) is 12.1 Å². The molecule has 1 aliphatic heterocycles. The first-order chi connectivity index (χ1) is 8.38. The minimum absolute atomic E-state index is 0.00449.